The van der Waals surface area contributed by atoms with E-state index in [-0.39, 0.29) is 94.1 Å². The molecule has 3 N–H and O–H groups in total. The maximum absolute atomic E-state index is 17.0. The van der Waals surface area contributed by atoms with Gasteiger partial charge in [-0.1, -0.05) is 18.4 Å². The number of alkyl halides is 3. The number of ether oxygens (including phenoxy) is 1. The number of hydrogen-bond acceptors (Lipinski definition) is 9. The van der Waals surface area contributed by atoms with Gasteiger partial charge in [0.15, 0.2) is 11.4 Å². The summed E-state index contributed by atoms with van der Waals surface area (Å²) in [6.07, 6.45) is 6.04. The maximum atomic E-state index is 17.0. The fourth-order valence-electron chi connectivity index (χ4n) is 9.10. The highest BCUT2D eigenvalue weighted by Gasteiger charge is 2.61. The Hall–Kier alpha value is -4.32. The third-order valence-electron chi connectivity index (χ3n) is 11.5. The fourth-order valence-corrected chi connectivity index (χ4v) is 9.10. The van der Waals surface area contributed by atoms with Crippen LogP contribution in [0.4, 0.5) is 27.8 Å². The number of pyridine rings is 1. The number of hydrogen-bond donors (Lipinski definition) is 3. The van der Waals surface area contributed by atoms with Crippen LogP contribution >= 0.6 is 0 Å². The third kappa shape index (κ3) is 6.79. The maximum Gasteiger partial charge on any atom is 0.417 e. The molecule has 2 aromatic heterocycles. The van der Waals surface area contributed by atoms with Crippen LogP contribution in [-0.2, 0) is 0 Å². The highest BCUT2D eigenvalue weighted by atomic mass is 19.4. The molecule has 2 saturated carbocycles. The number of phenolic OH excluding ortho intramolecular Hbond substituents is 1. The molecular weight excluding hydrogens is 709 g/mol. The van der Waals surface area contributed by atoms with Crippen LogP contribution in [0.25, 0.3) is 32.9 Å². The van der Waals surface area contributed by atoms with Gasteiger partial charge in [-0.25, -0.2) is 8.78 Å². The van der Waals surface area contributed by atoms with Crippen LogP contribution < -0.4 is 9.64 Å². The number of anilines is 1. The lowest BCUT2D eigenvalue weighted by Gasteiger charge is -2.51. The van der Waals surface area contributed by atoms with Crippen LogP contribution in [0.15, 0.2) is 30.5 Å². The number of likely N-dealkylation sites (tertiary alicyclic amines) is 1. The van der Waals surface area contributed by atoms with Gasteiger partial charge in [0.1, 0.15) is 28.6 Å². The van der Waals surface area contributed by atoms with E-state index in [4.69, 9.17) is 16.1 Å². The van der Waals surface area contributed by atoms with Gasteiger partial charge < -0.3 is 25.0 Å². The number of likely N-dealkylation sites (N-methyl/N-ethyl adjacent to an activating group) is 1. The third-order valence-corrected chi connectivity index (χ3v) is 11.5. The van der Waals surface area contributed by atoms with Gasteiger partial charge >= 0.3 is 12.2 Å². The van der Waals surface area contributed by atoms with Crippen LogP contribution in [0.1, 0.15) is 71.3 Å². The molecule has 2 atom stereocenters. The highest BCUT2D eigenvalue weighted by Crippen LogP contribution is 2.52. The number of nitrogens with zero attached hydrogens (tertiary/aromatic N) is 5. The van der Waals surface area contributed by atoms with E-state index >= 15 is 4.39 Å². The zero-order chi connectivity index (χ0) is 38.8. The molecule has 2 aliphatic carbocycles. The van der Waals surface area contributed by atoms with Crippen molar-refractivity contribution in [3.05, 3.63) is 47.7 Å². The number of benzene rings is 2. The quantitative estimate of drug-likeness (QED) is 0.115. The molecule has 0 amide bonds. The second-order valence-electron chi connectivity index (χ2n) is 16.0. The lowest BCUT2D eigenvalue weighted by molar-refractivity contribution is -0.300. The molecule has 2 unspecified atom stereocenters. The standard InChI is InChI=1S/C40H44F5N5O4/c1-5-26-29(41)11-10-24-15-25(51)16-27(31(24)26)33-32(42)34-28(19-46-33)35(49(6-2)21-37(3,4)52)48-36(47-34)54-22-38-12-7-9-30(38)50(14-8-13-38)20-23-17-39(53,18-23)40(43,44)45/h1,10-11,15-16,19,23,30,51-53H,6-9,12-14,17-18,20-22H2,2-4H3. The van der Waals surface area contributed by atoms with E-state index in [2.05, 4.69) is 20.8 Å². The summed E-state index contributed by atoms with van der Waals surface area (Å²) in [6, 6.07) is 5.23. The molecule has 1 saturated heterocycles. The number of terminal acetylenes is 1. The first-order valence-corrected chi connectivity index (χ1v) is 18.4. The summed E-state index contributed by atoms with van der Waals surface area (Å²) in [6.45, 7) is 7.05. The summed E-state index contributed by atoms with van der Waals surface area (Å²) in [5.41, 5.74) is -4.53. The number of aromatic nitrogens is 3. The van der Waals surface area contributed by atoms with Crippen molar-refractivity contribution in [1.29, 1.82) is 0 Å². The summed E-state index contributed by atoms with van der Waals surface area (Å²) in [5, 5.41) is 32.2. The highest BCUT2D eigenvalue weighted by molar-refractivity contribution is 6.03. The molecule has 0 spiro atoms. The predicted octanol–water partition coefficient (Wildman–Crippen LogP) is 7.12. The number of fused-ring (bicyclic) bond motifs is 3. The monoisotopic (exact) mass is 753 g/mol. The van der Waals surface area contributed by atoms with Crippen LogP contribution in [0, 0.1) is 35.3 Å². The largest absolute Gasteiger partial charge is 0.508 e. The Morgan fingerprint density at radius 1 is 1.11 bits per heavy atom. The zero-order valence-corrected chi connectivity index (χ0v) is 30.5. The van der Waals surface area contributed by atoms with E-state index in [1.165, 1.54) is 30.5 Å². The number of aliphatic hydroxyl groups is 2. The number of piperidine rings is 1. The molecule has 7 rings (SSSR count). The number of halogens is 5. The van der Waals surface area contributed by atoms with Gasteiger partial charge in [0, 0.05) is 48.2 Å². The SMILES string of the molecule is C#Cc1c(F)ccc2cc(O)cc(-c3ncc4c(N(CC)CC(C)(C)O)nc(OCC56CCCC5N(CC5CC(O)(C(F)(F)F)C5)CCC6)nc4c3F)c12. The van der Waals surface area contributed by atoms with Crippen molar-refractivity contribution < 1.29 is 42.0 Å². The van der Waals surface area contributed by atoms with Gasteiger partial charge in [-0.3, -0.25) is 9.88 Å². The van der Waals surface area contributed by atoms with Gasteiger partial charge in [0.2, 0.25) is 0 Å². The van der Waals surface area contributed by atoms with Crippen LogP contribution in [0.2, 0.25) is 0 Å². The number of aromatic hydroxyl groups is 1. The van der Waals surface area contributed by atoms with Crippen molar-refractivity contribution in [2.24, 2.45) is 11.3 Å². The minimum Gasteiger partial charge on any atom is -0.508 e. The van der Waals surface area contributed by atoms with Crippen LogP contribution in [0.3, 0.4) is 0 Å². The molecule has 3 fully saturated rings. The number of phenols is 1. The second kappa shape index (κ2) is 13.8. The Morgan fingerprint density at radius 3 is 2.54 bits per heavy atom. The molecule has 14 heteroatoms. The molecule has 54 heavy (non-hydrogen) atoms. The van der Waals surface area contributed by atoms with E-state index in [0.29, 0.717) is 18.5 Å². The van der Waals surface area contributed by atoms with Crippen molar-refractivity contribution in [3.63, 3.8) is 0 Å². The van der Waals surface area contributed by atoms with Crippen LogP contribution in [0.5, 0.6) is 11.8 Å². The van der Waals surface area contributed by atoms with Crippen LogP contribution in [-0.4, -0.2) is 91.4 Å². The molecule has 4 aromatic rings. The summed E-state index contributed by atoms with van der Waals surface area (Å²) in [7, 11) is 0. The minimum atomic E-state index is -4.65. The van der Waals surface area contributed by atoms with E-state index in [0.717, 1.165) is 38.6 Å². The van der Waals surface area contributed by atoms with Gasteiger partial charge in [0.25, 0.3) is 0 Å². The Morgan fingerprint density at radius 2 is 1.85 bits per heavy atom. The average Bonchev–Trinajstić information content (AvgIpc) is 3.53. The normalized spacial score (nSPS) is 24.7. The van der Waals surface area contributed by atoms with E-state index in [1.807, 2.05) is 6.92 Å². The molecule has 1 aliphatic heterocycles. The minimum absolute atomic E-state index is 0.0467. The van der Waals surface area contributed by atoms with E-state index < -0.39 is 29.0 Å². The first-order valence-electron chi connectivity index (χ1n) is 18.4. The first kappa shape index (κ1) is 38.0. The lowest BCUT2D eigenvalue weighted by Crippen LogP contribution is -2.59. The molecular formula is C40H44F5N5O4. The Kier molecular flexibility index (Phi) is 9.68. The van der Waals surface area contributed by atoms with Gasteiger partial charge in [-0.2, -0.15) is 23.1 Å². The van der Waals surface area contributed by atoms with Crippen molar-refractivity contribution in [2.75, 3.05) is 37.7 Å². The fraction of sp³-hybridized carbons (Fsp3) is 0.525. The first-order chi connectivity index (χ1) is 25.5. The summed E-state index contributed by atoms with van der Waals surface area (Å²) >= 11 is 0. The molecule has 288 valence electrons. The Labute approximate surface area is 310 Å². The predicted molar refractivity (Wildman–Crippen MR) is 194 cm³/mol. The van der Waals surface area contributed by atoms with Gasteiger partial charge in [-0.15, -0.1) is 6.42 Å². The second-order valence-corrected chi connectivity index (χ2v) is 16.0. The molecule has 3 aliphatic rings. The van der Waals surface area contributed by atoms with Gasteiger partial charge in [0.05, 0.1) is 23.2 Å². The van der Waals surface area contributed by atoms with Gasteiger partial charge in [-0.05, 0) is 95.3 Å². The lowest BCUT2D eigenvalue weighted by atomic mass is 9.69. The number of rotatable bonds is 10. The Balaban J connectivity index is 1.26. The van der Waals surface area contributed by atoms with Crippen molar-refractivity contribution >= 4 is 27.5 Å². The van der Waals surface area contributed by atoms with E-state index in [1.54, 1.807) is 18.7 Å². The van der Waals surface area contributed by atoms with Crippen molar-refractivity contribution in [3.8, 4) is 35.4 Å². The van der Waals surface area contributed by atoms with E-state index in [9.17, 15) is 32.9 Å². The smallest absolute Gasteiger partial charge is 0.417 e. The summed E-state index contributed by atoms with van der Waals surface area (Å²) in [5.74, 6) is 0.583. The Bertz CT molecular complexity index is 2130. The molecule has 3 heterocycles. The summed E-state index contributed by atoms with van der Waals surface area (Å²) < 4.78 is 78.3. The molecule has 0 radical (unpaired) electrons. The topological polar surface area (TPSA) is 115 Å². The molecule has 9 nitrogen and oxygen atoms in total. The van der Waals surface area contributed by atoms with Crippen molar-refractivity contribution in [2.45, 2.75) is 89.1 Å². The average molecular weight is 754 g/mol. The zero-order valence-electron chi connectivity index (χ0n) is 30.5. The molecule has 2 aromatic carbocycles. The molecule has 0 bridgehead atoms. The summed E-state index contributed by atoms with van der Waals surface area (Å²) in [4.78, 5) is 17.8. The van der Waals surface area contributed by atoms with Crippen molar-refractivity contribution in [1.82, 2.24) is 19.9 Å².